The van der Waals surface area contributed by atoms with Crippen molar-refractivity contribution in [3.05, 3.63) is 24.3 Å². The van der Waals surface area contributed by atoms with E-state index in [1.807, 2.05) is 13.8 Å². The van der Waals surface area contributed by atoms with Crippen molar-refractivity contribution in [2.45, 2.75) is 31.0 Å². The molecule has 2 atom stereocenters. The van der Waals surface area contributed by atoms with Crippen LogP contribution < -0.4 is 5.32 Å². The van der Waals surface area contributed by atoms with Crippen molar-refractivity contribution >= 4 is 21.6 Å². The fraction of sp³-hybridized carbons (Fsp3) is 0.500. The molecular weight excluding hydrogens is 292 g/mol. The number of carbonyl (C=O) groups is 1. The molecule has 0 aromatic heterocycles. The molecule has 1 heterocycles. The molecule has 1 saturated heterocycles. The molecule has 1 N–H and O–H groups in total. The summed E-state index contributed by atoms with van der Waals surface area (Å²) < 4.78 is 28.3. The molecule has 2 amide bonds. The lowest BCUT2D eigenvalue weighted by Gasteiger charge is -2.35. The number of sulfone groups is 1. The SMILES string of the molecule is C[C@@H]1CN(C(=O)Nc2ccc(S(C)(=O)=O)cc2)C[C@H](C)O1. The minimum absolute atomic E-state index is 0.00658. The van der Waals surface area contributed by atoms with Crippen LogP contribution in [0.2, 0.25) is 0 Å². The van der Waals surface area contributed by atoms with Gasteiger partial charge in [0.15, 0.2) is 9.84 Å². The highest BCUT2D eigenvalue weighted by Gasteiger charge is 2.25. The predicted octanol–water partition coefficient (Wildman–Crippen LogP) is 1.73. The van der Waals surface area contributed by atoms with E-state index in [9.17, 15) is 13.2 Å². The number of hydrogen-bond donors (Lipinski definition) is 1. The monoisotopic (exact) mass is 312 g/mol. The smallest absolute Gasteiger partial charge is 0.322 e. The second-order valence-corrected chi connectivity index (χ2v) is 7.40. The fourth-order valence-electron chi connectivity index (χ4n) is 2.33. The lowest BCUT2D eigenvalue weighted by molar-refractivity contribution is -0.0530. The number of urea groups is 1. The molecule has 0 radical (unpaired) electrons. The molecule has 2 rings (SSSR count). The van der Waals surface area contributed by atoms with Crippen LogP contribution in [0, 0.1) is 0 Å². The number of nitrogens with one attached hydrogen (secondary N) is 1. The van der Waals surface area contributed by atoms with Crippen LogP contribution in [-0.2, 0) is 14.6 Å². The van der Waals surface area contributed by atoms with Crippen molar-refractivity contribution in [2.24, 2.45) is 0 Å². The fourth-order valence-corrected chi connectivity index (χ4v) is 2.96. The van der Waals surface area contributed by atoms with Crippen LogP contribution in [-0.4, -0.2) is 50.9 Å². The number of ether oxygens (including phenoxy) is 1. The first-order valence-corrected chi connectivity index (χ1v) is 8.66. The molecule has 1 aromatic rings. The van der Waals surface area contributed by atoms with Crippen molar-refractivity contribution in [1.82, 2.24) is 4.90 Å². The summed E-state index contributed by atoms with van der Waals surface area (Å²) in [6.45, 7) is 4.93. The largest absolute Gasteiger partial charge is 0.372 e. The number of anilines is 1. The predicted molar refractivity (Wildman–Crippen MR) is 80.2 cm³/mol. The lowest BCUT2D eigenvalue weighted by Crippen LogP contribution is -2.49. The Hall–Kier alpha value is -1.60. The zero-order chi connectivity index (χ0) is 15.6. The summed E-state index contributed by atoms with van der Waals surface area (Å²) in [5, 5.41) is 2.77. The van der Waals surface area contributed by atoms with Gasteiger partial charge in [0, 0.05) is 25.0 Å². The van der Waals surface area contributed by atoms with E-state index in [1.165, 1.54) is 12.1 Å². The first kappa shape index (κ1) is 15.8. The maximum atomic E-state index is 12.2. The number of rotatable bonds is 2. The highest BCUT2D eigenvalue weighted by atomic mass is 32.2. The lowest BCUT2D eigenvalue weighted by atomic mass is 10.2. The Bertz CT molecular complexity index is 602. The van der Waals surface area contributed by atoms with Crippen LogP contribution in [0.5, 0.6) is 0 Å². The van der Waals surface area contributed by atoms with Gasteiger partial charge in [-0.2, -0.15) is 0 Å². The van der Waals surface area contributed by atoms with Gasteiger partial charge >= 0.3 is 6.03 Å². The van der Waals surface area contributed by atoms with Crippen LogP contribution >= 0.6 is 0 Å². The van der Waals surface area contributed by atoms with Gasteiger partial charge in [0.25, 0.3) is 0 Å². The van der Waals surface area contributed by atoms with Crippen LogP contribution in [0.15, 0.2) is 29.2 Å². The van der Waals surface area contributed by atoms with E-state index < -0.39 is 9.84 Å². The Balaban J connectivity index is 2.03. The molecule has 116 valence electrons. The van der Waals surface area contributed by atoms with Crippen LogP contribution in [0.1, 0.15) is 13.8 Å². The molecule has 1 aliphatic heterocycles. The maximum Gasteiger partial charge on any atom is 0.322 e. The van der Waals surface area contributed by atoms with Gasteiger partial charge in [0.05, 0.1) is 17.1 Å². The molecular formula is C14H20N2O4S. The van der Waals surface area contributed by atoms with Crippen molar-refractivity contribution in [3.63, 3.8) is 0 Å². The Morgan fingerprint density at radius 2 is 1.71 bits per heavy atom. The zero-order valence-electron chi connectivity index (χ0n) is 12.4. The average Bonchev–Trinajstić information content (AvgIpc) is 2.37. The Kier molecular flexibility index (Phi) is 4.53. The standard InChI is InChI=1S/C14H20N2O4S/c1-10-8-16(9-11(2)20-10)14(17)15-12-4-6-13(7-5-12)21(3,18)19/h4-7,10-11H,8-9H2,1-3H3,(H,15,17)/t10-,11+. The Labute approximate surface area is 125 Å². The first-order valence-electron chi connectivity index (χ1n) is 6.77. The van der Waals surface area contributed by atoms with Gasteiger partial charge in [0.2, 0.25) is 0 Å². The average molecular weight is 312 g/mol. The first-order chi connectivity index (χ1) is 9.75. The van der Waals surface area contributed by atoms with Gasteiger partial charge < -0.3 is 15.0 Å². The summed E-state index contributed by atoms with van der Waals surface area (Å²) in [6.07, 6.45) is 1.16. The molecule has 1 aliphatic rings. The molecule has 0 unspecified atom stereocenters. The summed E-state index contributed by atoms with van der Waals surface area (Å²) in [4.78, 5) is 14.1. The highest BCUT2D eigenvalue weighted by Crippen LogP contribution is 2.16. The van der Waals surface area contributed by atoms with Gasteiger partial charge in [0.1, 0.15) is 0 Å². The minimum atomic E-state index is -3.22. The van der Waals surface area contributed by atoms with Gasteiger partial charge in [-0.3, -0.25) is 0 Å². The number of amides is 2. The summed E-state index contributed by atoms with van der Waals surface area (Å²) in [5.74, 6) is 0. The van der Waals surface area contributed by atoms with Gasteiger partial charge in [-0.25, -0.2) is 13.2 Å². The molecule has 6 nitrogen and oxygen atoms in total. The second-order valence-electron chi connectivity index (χ2n) is 5.39. The second kappa shape index (κ2) is 6.03. The summed E-state index contributed by atoms with van der Waals surface area (Å²) in [6, 6.07) is 5.93. The van der Waals surface area contributed by atoms with Gasteiger partial charge in [-0.15, -0.1) is 0 Å². The summed E-state index contributed by atoms with van der Waals surface area (Å²) >= 11 is 0. The van der Waals surface area contributed by atoms with Crippen molar-refractivity contribution in [1.29, 1.82) is 0 Å². The zero-order valence-corrected chi connectivity index (χ0v) is 13.2. The van der Waals surface area contributed by atoms with E-state index in [0.717, 1.165) is 6.26 Å². The third kappa shape index (κ3) is 4.18. The molecule has 21 heavy (non-hydrogen) atoms. The normalized spacial score (nSPS) is 22.9. The van der Waals surface area contributed by atoms with Crippen molar-refractivity contribution < 1.29 is 17.9 Å². The topological polar surface area (TPSA) is 75.7 Å². The number of morpholine rings is 1. The maximum absolute atomic E-state index is 12.2. The molecule has 0 aliphatic carbocycles. The van der Waals surface area contributed by atoms with E-state index in [-0.39, 0.29) is 23.1 Å². The number of benzene rings is 1. The number of carbonyl (C=O) groups excluding carboxylic acids is 1. The molecule has 1 fully saturated rings. The van der Waals surface area contributed by atoms with E-state index >= 15 is 0 Å². The van der Waals surface area contributed by atoms with E-state index in [1.54, 1.807) is 17.0 Å². The molecule has 7 heteroatoms. The van der Waals surface area contributed by atoms with E-state index in [2.05, 4.69) is 5.32 Å². The minimum Gasteiger partial charge on any atom is -0.372 e. The highest BCUT2D eigenvalue weighted by molar-refractivity contribution is 7.90. The third-order valence-electron chi connectivity index (χ3n) is 3.24. The number of hydrogen-bond acceptors (Lipinski definition) is 4. The number of nitrogens with zero attached hydrogens (tertiary/aromatic N) is 1. The molecule has 0 bridgehead atoms. The molecule has 0 spiro atoms. The summed E-state index contributed by atoms with van der Waals surface area (Å²) in [5.41, 5.74) is 0.569. The Morgan fingerprint density at radius 1 is 1.19 bits per heavy atom. The van der Waals surface area contributed by atoms with Crippen molar-refractivity contribution in [2.75, 3.05) is 24.7 Å². The summed E-state index contributed by atoms with van der Waals surface area (Å²) in [7, 11) is -3.22. The molecule has 1 aromatic carbocycles. The van der Waals surface area contributed by atoms with Crippen LogP contribution in [0.3, 0.4) is 0 Å². The van der Waals surface area contributed by atoms with Gasteiger partial charge in [-0.1, -0.05) is 0 Å². The quantitative estimate of drug-likeness (QED) is 0.902. The Morgan fingerprint density at radius 3 is 2.19 bits per heavy atom. The van der Waals surface area contributed by atoms with E-state index in [4.69, 9.17) is 4.74 Å². The van der Waals surface area contributed by atoms with Crippen molar-refractivity contribution in [3.8, 4) is 0 Å². The van der Waals surface area contributed by atoms with Crippen LogP contribution in [0.25, 0.3) is 0 Å². The third-order valence-corrected chi connectivity index (χ3v) is 4.37. The van der Waals surface area contributed by atoms with Gasteiger partial charge in [-0.05, 0) is 38.1 Å². The van der Waals surface area contributed by atoms with Crippen LogP contribution in [0.4, 0.5) is 10.5 Å². The molecule has 0 saturated carbocycles. The van der Waals surface area contributed by atoms with E-state index in [0.29, 0.717) is 18.8 Å².